The third-order valence-corrected chi connectivity index (χ3v) is 5.76. The van der Waals surface area contributed by atoms with Crippen molar-refractivity contribution in [2.24, 2.45) is 11.7 Å². The maximum atomic E-state index is 14.4. The third-order valence-electron chi connectivity index (χ3n) is 5.51. The van der Waals surface area contributed by atoms with E-state index in [2.05, 4.69) is 10.4 Å². The van der Waals surface area contributed by atoms with E-state index in [4.69, 9.17) is 17.3 Å². The van der Waals surface area contributed by atoms with E-state index in [1.165, 1.54) is 25.1 Å². The molecule has 1 aliphatic carbocycles. The molecule has 1 aromatic heterocycles. The van der Waals surface area contributed by atoms with E-state index in [1.54, 1.807) is 22.9 Å². The second kappa shape index (κ2) is 12.2. The van der Waals surface area contributed by atoms with Crippen molar-refractivity contribution in [3.05, 3.63) is 77.2 Å². The summed E-state index contributed by atoms with van der Waals surface area (Å²) in [7, 11) is 0. The number of aromatic nitrogens is 2. The molecule has 0 saturated heterocycles. The molecule has 0 unspecified atom stereocenters. The molecule has 2 amide bonds. The van der Waals surface area contributed by atoms with Crippen LogP contribution in [0, 0.1) is 11.7 Å². The normalized spacial score (nSPS) is 13.3. The highest BCUT2D eigenvalue weighted by Gasteiger charge is 2.24. The fourth-order valence-electron chi connectivity index (χ4n) is 3.87. The highest BCUT2D eigenvalue weighted by atomic mass is 35.5. The summed E-state index contributed by atoms with van der Waals surface area (Å²) in [5.74, 6) is -0.781. The molecule has 8 heteroatoms. The molecule has 2 aromatic carbocycles. The minimum absolute atomic E-state index is 0.0526. The third kappa shape index (κ3) is 7.15. The van der Waals surface area contributed by atoms with Crippen LogP contribution in [0.15, 0.2) is 60.8 Å². The minimum atomic E-state index is -0.489. The van der Waals surface area contributed by atoms with Gasteiger partial charge in [-0.05, 0) is 43.0 Å². The van der Waals surface area contributed by atoms with Crippen molar-refractivity contribution in [3.63, 3.8) is 0 Å². The Morgan fingerprint density at radius 1 is 1.09 bits per heavy atom. The van der Waals surface area contributed by atoms with Gasteiger partial charge in [0.25, 0.3) is 5.91 Å². The molecule has 174 valence electrons. The van der Waals surface area contributed by atoms with E-state index < -0.39 is 11.7 Å². The Bertz CT molecular complexity index is 1070. The molecule has 0 aliphatic heterocycles. The summed E-state index contributed by atoms with van der Waals surface area (Å²) in [6.45, 7) is 0.802. The summed E-state index contributed by atoms with van der Waals surface area (Å²) in [6, 6.07) is 15.8. The monoisotopic (exact) mass is 470 g/mol. The van der Waals surface area contributed by atoms with Gasteiger partial charge in [-0.15, -0.1) is 0 Å². The van der Waals surface area contributed by atoms with Crippen molar-refractivity contribution >= 4 is 23.4 Å². The largest absolute Gasteiger partial charge is 0.370 e. The summed E-state index contributed by atoms with van der Waals surface area (Å²) >= 11 is 5.54. The van der Waals surface area contributed by atoms with Crippen LogP contribution in [-0.4, -0.2) is 28.1 Å². The second-order valence-electron chi connectivity index (χ2n) is 7.99. The smallest absolute Gasteiger partial charge is 0.255 e. The van der Waals surface area contributed by atoms with Crippen molar-refractivity contribution in [1.29, 1.82) is 0 Å². The first-order valence-electron chi connectivity index (χ1n) is 11.0. The van der Waals surface area contributed by atoms with Crippen LogP contribution in [0.5, 0.6) is 0 Å². The van der Waals surface area contributed by atoms with Crippen LogP contribution in [0.2, 0.25) is 5.02 Å². The molecule has 3 N–H and O–H groups in total. The van der Waals surface area contributed by atoms with Crippen LogP contribution in [0.1, 0.15) is 42.5 Å². The van der Waals surface area contributed by atoms with Gasteiger partial charge in [-0.3, -0.25) is 14.3 Å². The summed E-state index contributed by atoms with van der Waals surface area (Å²) < 4.78 is 16.1. The Balaban J connectivity index is 0.000000374. The number of amides is 2. The van der Waals surface area contributed by atoms with E-state index in [-0.39, 0.29) is 18.9 Å². The van der Waals surface area contributed by atoms with Gasteiger partial charge < -0.3 is 11.1 Å². The van der Waals surface area contributed by atoms with Crippen LogP contribution >= 0.6 is 11.6 Å². The van der Waals surface area contributed by atoms with Gasteiger partial charge in [0.2, 0.25) is 5.91 Å². The lowest BCUT2D eigenvalue weighted by Crippen LogP contribution is -2.28. The Morgan fingerprint density at radius 3 is 2.36 bits per heavy atom. The zero-order chi connectivity index (χ0) is 23.6. The standard InChI is InChI=1S/C19H23FN4O2.C6H5Cl/c20-16-8-4-3-7-14(16)18-15(19(26)22-10-9-17(21)25)11-23-24(18)12-13-5-1-2-6-13;7-6-4-2-1-3-5-6/h3-4,7-8,11,13H,1-2,5-6,9-10,12H2,(H2,21,25)(H,22,26);1-5H. The summed E-state index contributed by atoms with van der Waals surface area (Å²) in [5, 5.41) is 7.80. The van der Waals surface area contributed by atoms with Crippen molar-refractivity contribution in [2.45, 2.75) is 38.6 Å². The fourth-order valence-corrected chi connectivity index (χ4v) is 4.02. The molecule has 6 nitrogen and oxygen atoms in total. The lowest BCUT2D eigenvalue weighted by Gasteiger charge is -2.14. The summed E-state index contributed by atoms with van der Waals surface area (Å²) in [6.07, 6.45) is 6.16. The molecule has 33 heavy (non-hydrogen) atoms. The van der Waals surface area contributed by atoms with Crippen LogP contribution in [0.4, 0.5) is 4.39 Å². The predicted octanol–water partition coefficient (Wildman–Crippen LogP) is 4.82. The molecule has 1 heterocycles. The molecule has 1 saturated carbocycles. The Kier molecular flexibility index (Phi) is 9.01. The summed E-state index contributed by atoms with van der Waals surface area (Å²) in [4.78, 5) is 23.4. The van der Waals surface area contributed by atoms with Gasteiger partial charge in [-0.1, -0.05) is 54.8 Å². The number of nitrogens with one attached hydrogen (secondary N) is 1. The van der Waals surface area contributed by atoms with Crippen LogP contribution in [-0.2, 0) is 11.3 Å². The molecule has 1 aliphatic rings. The first-order valence-corrected chi connectivity index (χ1v) is 11.4. The van der Waals surface area contributed by atoms with Gasteiger partial charge >= 0.3 is 0 Å². The number of nitrogens with two attached hydrogens (primary N) is 1. The zero-order valence-corrected chi connectivity index (χ0v) is 19.1. The number of benzene rings is 2. The first-order chi connectivity index (χ1) is 16.0. The number of rotatable bonds is 7. The highest BCUT2D eigenvalue weighted by Crippen LogP contribution is 2.31. The van der Waals surface area contributed by atoms with Crippen molar-refractivity contribution in [2.75, 3.05) is 6.54 Å². The number of carbonyl (C=O) groups is 2. The number of halogens is 2. The molecule has 3 aromatic rings. The van der Waals surface area contributed by atoms with E-state index >= 15 is 0 Å². The lowest BCUT2D eigenvalue weighted by atomic mass is 10.0. The average molecular weight is 471 g/mol. The zero-order valence-electron chi connectivity index (χ0n) is 18.3. The number of carbonyl (C=O) groups excluding carboxylic acids is 2. The maximum absolute atomic E-state index is 14.4. The molecule has 0 atom stereocenters. The molecule has 1 fully saturated rings. The maximum Gasteiger partial charge on any atom is 0.255 e. The van der Waals surface area contributed by atoms with Crippen molar-refractivity contribution < 1.29 is 14.0 Å². The van der Waals surface area contributed by atoms with E-state index in [0.29, 0.717) is 29.3 Å². The first kappa shape index (κ1) is 24.5. The lowest BCUT2D eigenvalue weighted by molar-refractivity contribution is -0.117. The van der Waals surface area contributed by atoms with Gasteiger partial charge in [0.15, 0.2) is 0 Å². The Morgan fingerprint density at radius 2 is 1.76 bits per heavy atom. The second-order valence-corrected chi connectivity index (χ2v) is 8.42. The van der Waals surface area contributed by atoms with E-state index in [1.807, 2.05) is 30.3 Å². The fraction of sp³-hybridized carbons (Fsp3) is 0.320. The van der Waals surface area contributed by atoms with Gasteiger partial charge in [0, 0.05) is 30.1 Å². The Hall–Kier alpha value is -3.19. The highest BCUT2D eigenvalue weighted by molar-refractivity contribution is 6.30. The predicted molar refractivity (Wildman–Crippen MR) is 127 cm³/mol. The van der Waals surface area contributed by atoms with Crippen LogP contribution < -0.4 is 11.1 Å². The average Bonchev–Trinajstić information content (AvgIpc) is 3.45. The molecule has 4 rings (SSSR count). The van der Waals surface area contributed by atoms with Gasteiger partial charge in [0.05, 0.1) is 17.5 Å². The molecule has 0 radical (unpaired) electrons. The SMILES string of the molecule is Clc1ccccc1.NC(=O)CCNC(=O)c1cnn(CC2CCCC2)c1-c1ccccc1F. The van der Waals surface area contributed by atoms with Crippen LogP contribution in [0.3, 0.4) is 0 Å². The van der Waals surface area contributed by atoms with E-state index in [0.717, 1.165) is 17.9 Å². The van der Waals surface area contributed by atoms with Crippen molar-refractivity contribution in [3.8, 4) is 11.3 Å². The number of hydrogen-bond donors (Lipinski definition) is 2. The van der Waals surface area contributed by atoms with Gasteiger partial charge in [-0.25, -0.2) is 4.39 Å². The molecule has 0 spiro atoms. The molecule has 0 bridgehead atoms. The van der Waals surface area contributed by atoms with Gasteiger partial charge in [0.1, 0.15) is 5.82 Å². The quantitative estimate of drug-likeness (QED) is 0.518. The number of primary amides is 1. The number of hydrogen-bond acceptors (Lipinski definition) is 3. The summed E-state index contributed by atoms with van der Waals surface area (Å²) in [5.41, 5.74) is 6.23. The number of nitrogens with zero attached hydrogens (tertiary/aromatic N) is 2. The van der Waals surface area contributed by atoms with Crippen molar-refractivity contribution in [1.82, 2.24) is 15.1 Å². The minimum Gasteiger partial charge on any atom is -0.370 e. The van der Waals surface area contributed by atoms with Crippen LogP contribution in [0.25, 0.3) is 11.3 Å². The topological polar surface area (TPSA) is 90.0 Å². The molecular weight excluding hydrogens is 443 g/mol. The van der Waals surface area contributed by atoms with Gasteiger partial charge in [-0.2, -0.15) is 5.10 Å². The molecular formula is C25H28ClFN4O2. The van der Waals surface area contributed by atoms with E-state index in [9.17, 15) is 14.0 Å². The Labute approximate surface area is 197 Å².